The monoisotopic (exact) mass is 273 g/mol. The Hall–Kier alpha value is -1.68. The van der Waals surface area contributed by atoms with Crippen LogP contribution in [0.15, 0.2) is 29.6 Å². The maximum Gasteiger partial charge on any atom is 0.311 e. The summed E-state index contributed by atoms with van der Waals surface area (Å²) in [6.07, 6.45) is 2.88. The summed E-state index contributed by atoms with van der Waals surface area (Å²) < 4.78 is 4.64. The molecule has 1 aliphatic carbocycles. The fourth-order valence-electron chi connectivity index (χ4n) is 2.06. The van der Waals surface area contributed by atoms with Crippen LogP contribution in [-0.4, -0.2) is 18.1 Å². The van der Waals surface area contributed by atoms with Gasteiger partial charge in [0.15, 0.2) is 0 Å². The van der Waals surface area contributed by atoms with Crippen molar-refractivity contribution in [1.82, 2.24) is 4.98 Å². The van der Waals surface area contributed by atoms with Crippen LogP contribution in [0.5, 0.6) is 0 Å². The van der Waals surface area contributed by atoms with Gasteiger partial charge >= 0.3 is 5.97 Å². The Morgan fingerprint density at radius 2 is 2.11 bits per heavy atom. The van der Waals surface area contributed by atoms with Gasteiger partial charge in [0.25, 0.3) is 0 Å². The van der Waals surface area contributed by atoms with E-state index in [0.29, 0.717) is 0 Å². The van der Waals surface area contributed by atoms with E-state index in [1.807, 2.05) is 5.38 Å². The number of nitrogens with zero attached hydrogens (tertiary/aromatic N) is 1. The van der Waals surface area contributed by atoms with Crippen molar-refractivity contribution >= 4 is 17.3 Å². The van der Waals surface area contributed by atoms with Crippen LogP contribution in [-0.2, 0) is 16.0 Å². The molecule has 0 amide bonds. The van der Waals surface area contributed by atoms with Crippen molar-refractivity contribution in [2.45, 2.75) is 25.2 Å². The maximum atomic E-state index is 11.2. The van der Waals surface area contributed by atoms with Gasteiger partial charge in [0.05, 0.1) is 19.2 Å². The fraction of sp³-hybridized carbons (Fsp3) is 0.333. The molecular formula is C15H15NO2S. The summed E-state index contributed by atoms with van der Waals surface area (Å²) in [6, 6.07) is 8.62. The number of carbonyl (C=O) groups is 1. The van der Waals surface area contributed by atoms with Crippen LogP contribution < -0.4 is 0 Å². The summed E-state index contributed by atoms with van der Waals surface area (Å²) in [5.41, 5.74) is 3.32. The highest BCUT2D eigenvalue weighted by Gasteiger charge is 2.23. The van der Waals surface area contributed by atoms with E-state index in [-0.39, 0.29) is 12.4 Å². The van der Waals surface area contributed by atoms with Gasteiger partial charge in [0, 0.05) is 10.9 Å². The van der Waals surface area contributed by atoms with Crippen molar-refractivity contribution in [2.75, 3.05) is 7.11 Å². The molecule has 1 saturated carbocycles. The molecular weight excluding hydrogens is 258 g/mol. The molecule has 0 aliphatic heterocycles. The molecule has 0 unspecified atom stereocenters. The summed E-state index contributed by atoms with van der Waals surface area (Å²) in [5, 5.41) is 2.88. The largest absolute Gasteiger partial charge is 0.469 e. The average Bonchev–Trinajstić information content (AvgIpc) is 3.19. The van der Waals surface area contributed by atoms with Crippen molar-refractivity contribution in [2.24, 2.45) is 0 Å². The van der Waals surface area contributed by atoms with Gasteiger partial charge in [-0.25, -0.2) is 4.98 Å². The second kappa shape index (κ2) is 5.13. The van der Waals surface area contributed by atoms with Gasteiger partial charge in [0.1, 0.15) is 5.01 Å². The zero-order chi connectivity index (χ0) is 13.2. The molecule has 0 N–H and O–H groups in total. The predicted octanol–water partition coefficient (Wildman–Crippen LogP) is 3.40. The first-order valence-electron chi connectivity index (χ1n) is 6.38. The third-order valence-corrected chi connectivity index (χ3v) is 4.25. The molecule has 1 aromatic heterocycles. The van der Waals surface area contributed by atoms with Gasteiger partial charge in [-0.2, -0.15) is 0 Å². The van der Waals surface area contributed by atoms with E-state index in [4.69, 9.17) is 0 Å². The van der Waals surface area contributed by atoms with Crippen LogP contribution in [0.3, 0.4) is 0 Å². The number of rotatable bonds is 4. The molecule has 0 atom stereocenters. The molecule has 19 heavy (non-hydrogen) atoms. The molecule has 1 aromatic carbocycles. The number of methoxy groups -OCH3 is 1. The third kappa shape index (κ3) is 2.84. The van der Waals surface area contributed by atoms with Crippen molar-refractivity contribution in [3.05, 3.63) is 40.9 Å². The SMILES string of the molecule is COC(=O)Cc1csc(-c2ccc(C3CC3)cc2)n1. The number of hydrogen-bond donors (Lipinski definition) is 0. The summed E-state index contributed by atoms with van der Waals surface area (Å²) in [6.45, 7) is 0. The predicted molar refractivity (Wildman–Crippen MR) is 75.2 cm³/mol. The Morgan fingerprint density at radius 1 is 1.37 bits per heavy atom. The van der Waals surface area contributed by atoms with E-state index >= 15 is 0 Å². The molecule has 0 spiro atoms. The zero-order valence-corrected chi connectivity index (χ0v) is 11.6. The van der Waals surface area contributed by atoms with Crippen molar-refractivity contribution in [3.63, 3.8) is 0 Å². The molecule has 1 aliphatic rings. The van der Waals surface area contributed by atoms with Crippen LogP contribution in [0.2, 0.25) is 0 Å². The van der Waals surface area contributed by atoms with E-state index in [1.54, 1.807) is 11.3 Å². The minimum atomic E-state index is -0.249. The zero-order valence-electron chi connectivity index (χ0n) is 10.8. The molecule has 2 aromatic rings. The second-order valence-corrected chi connectivity index (χ2v) is 5.65. The highest BCUT2D eigenvalue weighted by atomic mass is 32.1. The Kier molecular flexibility index (Phi) is 3.34. The Bertz CT molecular complexity index is 584. The first kappa shape index (κ1) is 12.4. The van der Waals surface area contributed by atoms with Gasteiger partial charge in [-0.1, -0.05) is 24.3 Å². The smallest absolute Gasteiger partial charge is 0.311 e. The van der Waals surface area contributed by atoms with Gasteiger partial charge in [-0.05, 0) is 24.3 Å². The Balaban J connectivity index is 1.75. The molecule has 0 bridgehead atoms. The number of thiazole rings is 1. The first-order chi connectivity index (χ1) is 9.26. The van der Waals surface area contributed by atoms with Gasteiger partial charge in [-0.3, -0.25) is 4.79 Å². The quantitative estimate of drug-likeness (QED) is 0.801. The molecule has 98 valence electrons. The van der Waals surface area contributed by atoms with Crippen LogP contribution in [0, 0.1) is 0 Å². The van der Waals surface area contributed by atoms with Gasteiger partial charge < -0.3 is 4.74 Å². The molecule has 1 fully saturated rings. The lowest BCUT2D eigenvalue weighted by Gasteiger charge is -2.00. The lowest BCUT2D eigenvalue weighted by Crippen LogP contribution is -2.04. The molecule has 3 nitrogen and oxygen atoms in total. The summed E-state index contributed by atoms with van der Waals surface area (Å²) in [5.74, 6) is 0.529. The second-order valence-electron chi connectivity index (χ2n) is 4.79. The summed E-state index contributed by atoms with van der Waals surface area (Å²) in [7, 11) is 1.40. The molecule has 4 heteroatoms. The van der Waals surface area contributed by atoms with Gasteiger partial charge in [0.2, 0.25) is 0 Å². The molecule has 3 rings (SSSR count). The summed E-state index contributed by atoms with van der Waals surface area (Å²) in [4.78, 5) is 15.7. The van der Waals surface area contributed by atoms with E-state index in [1.165, 1.54) is 25.5 Å². The van der Waals surface area contributed by atoms with Crippen LogP contribution in [0.1, 0.15) is 30.0 Å². The molecule has 1 heterocycles. The third-order valence-electron chi connectivity index (χ3n) is 3.31. The van der Waals surface area contributed by atoms with Crippen molar-refractivity contribution in [1.29, 1.82) is 0 Å². The van der Waals surface area contributed by atoms with E-state index < -0.39 is 0 Å². The fourth-order valence-corrected chi connectivity index (χ4v) is 2.88. The van der Waals surface area contributed by atoms with Gasteiger partial charge in [-0.15, -0.1) is 11.3 Å². The normalized spacial score (nSPS) is 14.4. The summed E-state index contributed by atoms with van der Waals surface area (Å²) >= 11 is 1.57. The standard InChI is InChI=1S/C15H15NO2S/c1-18-14(17)8-13-9-19-15(16-13)12-6-4-11(5-7-12)10-2-3-10/h4-7,9-10H,2-3,8H2,1H3. The van der Waals surface area contributed by atoms with E-state index in [0.717, 1.165) is 22.2 Å². The Labute approximate surface area is 116 Å². The number of hydrogen-bond acceptors (Lipinski definition) is 4. The number of esters is 1. The molecule has 0 saturated heterocycles. The number of aromatic nitrogens is 1. The topological polar surface area (TPSA) is 39.2 Å². The minimum Gasteiger partial charge on any atom is -0.469 e. The van der Waals surface area contributed by atoms with E-state index in [2.05, 4.69) is 34.0 Å². The number of carbonyl (C=O) groups excluding carboxylic acids is 1. The van der Waals surface area contributed by atoms with Crippen molar-refractivity contribution < 1.29 is 9.53 Å². The lowest BCUT2D eigenvalue weighted by atomic mass is 10.1. The number of ether oxygens (including phenoxy) is 1. The highest BCUT2D eigenvalue weighted by molar-refractivity contribution is 7.13. The molecule has 0 radical (unpaired) electrons. The number of benzene rings is 1. The average molecular weight is 273 g/mol. The minimum absolute atomic E-state index is 0.243. The maximum absolute atomic E-state index is 11.2. The van der Waals surface area contributed by atoms with Crippen LogP contribution in [0.25, 0.3) is 10.6 Å². The van der Waals surface area contributed by atoms with Crippen LogP contribution in [0.4, 0.5) is 0 Å². The first-order valence-corrected chi connectivity index (χ1v) is 7.26. The highest BCUT2D eigenvalue weighted by Crippen LogP contribution is 2.40. The van der Waals surface area contributed by atoms with Crippen LogP contribution >= 0.6 is 11.3 Å². The van der Waals surface area contributed by atoms with E-state index in [9.17, 15) is 4.79 Å². The Morgan fingerprint density at radius 3 is 2.74 bits per heavy atom. The lowest BCUT2D eigenvalue weighted by molar-refractivity contribution is -0.139. The van der Waals surface area contributed by atoms with Crippen molar-refractivity contribution in [3.8, 4) is 10.6 Å².